The Hall–Kier alpha value is -1.40. The molecule has 1 heterocycles. The van der Waals surface area contributed by atoms with Crippen molar-refractivity contribution in [3.63, 3.8) is 0 Å². The number of aryl methyl sites for hydroxylation is 2. The molecule has 1 fully saturated rings. The Morgan fingerprint density at radius 3 is 2.38 bits per heavy atom. The quantitative estimate of drug-likeness (QED) is 0.781. The molecule has 0 unspecified atom stereocenters. The van der Waals surface area contributed by atoms with Crippen molar-refractivity contribution in [2.45, 2.75) is 25.2 Å². The first-order valence-corrected chi connectivity index (χ1v) is 10.7. The van der Waals surface area contributed by atoms with Gasteiger partial charge >= 0.3 is 0 Å². The molecule has 1 saturated heterocycles. The van der Waals surface area contributed by atoms with Crippen LogP contribution in [0.5, 0.6) is 0 Å². The maximum Gasteiger partial charge on any atom is 0.243 e. The first-order chi connectivity index (χ1) is 12.4. The lowest BCUT2D eigenvalue weighted by Crippen LogP contribution is -2.49. The van der Waals surface area contributed by atoms with Gasteiger partial charge in [0.1, 0.15) is 0 Å². The molecule has 0 aromatic heterocycles. The molecule has 4 nitrogen and oxygen atoms in total. The molecule has 0 spiro atoms. The Balaban J connectivity index is 1.59. The number of hydrogen-bond donors (Lipinski definition) is 0. The number of piperazine rings is 1. The summed E-state index contributed by atoms with van der Waals surface area (Å²) >= 11 is 6.03. The molecule has 3 rings (SSSR count). The summed E-state index contributed by atoms with van der Waals surface area (Å²) in [6.07, 6.45) is 0.921. The van der Waals surface area contributed by atoms with Crippen LogP contribution in [0.25, 0.3) is 0 Å². The summed E-state index contributed by atoms with van der Waals surface area (Å²) in [6, 6.07) is 13.4. The first kappa shape index (κ1) is 19.4. The molecule has 140 valence electrons. The van der Waals surface area contributed by atoms with Crippen molar-refractivity contribution in [3.05, 3.63) is 64.2 Å². The molecule has 0 atom stereocenters. The zero-order chi connectivity index (χ0) is 18.7. The van der Waals surface area contributed by atoms with E-state index in [1.54, 1.807) is 10.4 Å². The fourth-order valence-electron chi connectivity index (χ4n) is 3.40. The van der Waals surface area contributed by atoms with Crippen molar-refractivity contribution in [2.75, 3.05) is 32.7 Å². The summed E-state index contributed by atoms with van der Waals surface area (Å²) < 4.78 is 27.5. The van der Waals surface area contributed by atoms with E-state index in [0.717, 1.165) is 42.2 Å². The van der Waals surface area contributed by atoms with Gasteiger partial charge in [0.05, 0.1) is 4.90 Å². The van der Waals surface area contributed by atoms with Gasteiger partial charge < -0.3 is 4.90 Å². The molecule has 0 saturated carbocycles. The van der Waals surface area contributed by atoms with Crippen LogP contribution in [-0.2, 0) is 16.4 Å². The van der Waals surface area contributed by atoms with E-state index in [2.05, 4.69) is 11.0 Å². The highest BCUT2D eigenvalue weighted by Gasteiger charge is 2.29. The summed E-state index contributed by atoms with van der Waals surface area (Å²) in [5.41, 5.74) is 3.10. The Morgan fingerprint density at radius 1 is 1.00 bits per heavy atom. The van der Waals surface area contributed by atoms with Crippen LogP contribution < -0.4 is 0 Å². The summed E-state index contributed by atoms with van der Waals surface area (Å²) in [4.78, 5) is 2.74. The van der Waals surface area contributed by atoms with Crippen molar-refractivity contribution in [1.29, 1.82) is 0 Å². The van der Waals surface area contributed by atoms with E-state index in [1.807, 2.05) is 44.2 Å². The predicted molar refractivity (Wildman–Crippen MR) is 106 cm³/mol. The molecule has 0 amide bonds. The average molecular weight is 393 g/mol. The summed E-state index contributed by atoms with van der Waals surface area (Å²) in [5, 5.41) is 0.756. The fraction of sp³-hybridized carbons (Fsp3) is 0.400. The van der Waals surface area contributed by atoms with E-state index in [-0.39, 0.29) is 0 Å². The third-order valence-corrected chi connectivity index (χ3v) is 7.18. The van der Waals surface area contributed by atoms with Crippen LogP contribution in [0.4, 0.5) is 0 Å². The molecule has 2 aromatic carbocycles. The maximum absolute atomic E-state index is 12.9. The molecule has 0 aliphatic carbocycles. The minimum atomic E-state index is -3.42. The van der Waals surface area contributed by atoms with Gasteiger partial charge in [0.25, 0.3) is 0 Å². The summed E-state index contributed by atoms with van der Waals surface area (Å²) in [6.45, 7) is 7.33. The molecule has 26 heavy (non-hydrogen) atoms. The topological polar surface area (TPSA) is 40.6 Å². The van der Waals surface area contributed by atoms with E-state index in [9.17, 15) is 8.42 Å². The molecular weight excluding hydrogens is 368 g/mol. The Kier molecular flexibility index (Phi) is 6.03. The smallest absolute Gasteiger partial charge is 0.243 e. The average Bonchev–Trinajstić information content (AvgIpc) is 2.60. The normalized spacial score (nSPS) is 16.7. The molecule has 1 aliphatic rings. The fourth-order valence-corrected chi connectivity index (χ4v) is 5.24. The Morgan fingerprint density at radius 2 is 1.73 bits per heavy atom. The van der Waals surface area contributed by atoms with Crippen LogP contribution in [0.15, 0.2) is 47.4 Å². The van der Waals surface area contributed by atoms with Gasteiger partial charge in [0.15, 0.2) is 0 Å². The van der Waals surface area contributed by atoms with Crippen LogP contribution in [0.3, 0.4) is 0 Å². The van der Waals surface area contributed by atoms with Crippen LogP contribution in [-0.4, -0.2) is 50.3 Å². The van der Waals surface area contributed by atoms with Crippen LogP contribution >= 0.6 is 11.6 Å². The molecule has 0 bridgehead atoms. The lowest BCUT2D eigenvalue weighted by molar-refractivity contribution is 0.190. The number of benzene rings is 2. The highest BCUT2D eigenvalue weighted by Crippen LogP contribution is 2.22. The number of rotatable bonds is 5. The van der Waals surface area contributed by atoms with E-state index < -0.39 is 10.0 Å². The molecule has 0 N–H and O–H groups in total. The lowest BCUT2D eigenvalue weighted by Gasteiger charge is -2.34. The second-order valence-electron chi connectivity index (χ2n) is 6.89. The van der Waals surface area contributed by atoms with Gasteiger partial charge in [-0.15, -0.1) is 0 Å². The molecule has 2 aromatic rings. The largest absolute Gasteiger partial charge is 0.300 e. The van der Waals surface area contributed by atoms with Gasteiger partial charge in [0.2, 0.25) is 10.0 Å². The number of sulfonamides is 1. The Labute approximate surface area is 161 Å². The van der Waals surface area contributed by atoms with Crippen molar-refractivity contribution in [3.8, 4) is 0 Å². The maximum atomic E-state index is 12.9. The monoisotopic (exact) mass is 392 g/mol. The minimum Gasteiger partial charge on any atom is -0.300 e. The standard InChI is InChI=1S/C20H25ClN2O2S/c1-16-6-7-20(17(2)14-16)26(24,25)23-12-10-22(11-13-23)9-8-18-4-3-5-19(21)15-18/h3-7,14-15H,8-13H2,1-2H3. The summed E-state index contributed by atoms with van der Waals surface area (Å²) in [5.74, 6) is 0. The van der Waals surface area contributed by atoms with E-state index in [0.29, 0.717) is 18.0 Å². The molecule has 0 radical (unpaired) electrons. The third kappa shape index (κ3) is 4.46. The first-order valence-electron chi connectivity index (χ1n) is 8.90. The lowest BCUT2D eigenvalue weighted by atomic mass is 10.1. The second-order valence-corrected chi connectivity index (χ2v) is 9.24. The summed E-state index contributed by atoms with van der Waals surface area (Å²) in [7, 11) is -3.42. The number of nitrogens with zero attached hydrogens (tertiary/aromatic N) is 2. The van der Waals surface area contributed by atoms with Crippen LogP contribution in [0.1, 0.15) is 16.7 Å². The zero-order valence-corrected chi connectivity index (χ0v) is 16.9. The predicted octanol–water partition coefficient (Wildman–Crippen LogP) is 3.51. The SMILES string of the molecule is Cc1ccc(S(=O)(=O)N2CCN(CCc3cccc(Cl)c3)CC2)c(C)c1. The Bertz CT molecular complexity index is 875. The van der Waals surface area contributed by atoms with Gasteiger partial charge in [-0.05, 0) is 49.6 Å². The van der Waals surface area contributed by atoms with Crippen molar-refractivity contribution in [1.82, 2.24) is 9.21 Å². The van der Waals surface area contributed by atoms with Crippen LogP contribution in [0, 0.1) is 13.8 Å². The molecular formula is C20H25ClN2O2S. The number of halogens is 1. The highest BCUT2D eigenvalue weighted by atomic mass is 35.5. The van der Waals surface area contributed by atoms with Crippen molar-refractivity contribution in [2.24, 2.45) is 0 Å². The molecule has 1 aliphatic heterocycles. The van der Waals surface area contributed by atoms with Crippen LogP contribution in [0.2, 0.25) is 5.02 Å². The number of hydrogen-bond acceptors (Lipinski definition) is 3. The second kappa shape index (κ2) is 8.09. The zero-order valence-electron chi connectivity index (χ0n) is 15.3. The van der Waals surface area contributed by atoms with Crippen molar-refractivity contribution < 1.29 is 8.42 Å². The van der Waals surface area contributed by atoms with Gasteiger partial charge in [-0.3, -0.25) is 0 Å². The van der Waals surface area contributed by atoms with E-state index >= 15 is 0 Å². The van der Waals surface area contributed by atoms with Gasteiger partial charge in [-0.2, -0.15) is 4.31 Å². The van der Waals surface area contributed by atoms with Gasteiger partial charge in [-0.25, -0.2) is 8.42 Å². The van der Waals surface area contributed by atoms with Crippen molar-refractivity contribution >= 4 is 21.6 Å². The van der Waals surface area contributed by atoms with Gasteiger partial charge in [-0.1, -0.05) is 41.4 Å². The third-order valence-electron chi connectivity index (χ3n) is 4.89. The van der Waals surface area contributed by atoms with E-state index in [1.165, 1.54) is 5.56 Å². The van der Waals surface area contributed by atoms with Gasteiger partial charge in [0, 0.05) is 37.7 Å². The molecule has 6 heteroatoms. The van der Waals surface area contributed by atoms with E-state index in [4.69, 9.17) is 11.6 Å². The minimum absolute atomic E-state index is 0.426. The highest BCUT2D eigenvalue weighted by molar-refractivity contribution is 7.89.